The van der Waals surface area contributed by atoms with Crippen LogP contribution in [0.3, 0.4) is 0 Å². The van der Waals surface area contributed by atoms with Crippen LogP contribution in [-0.2, 0) is 6.42 Å². The number of anilines is 1. The third-order valence-electron chi connectivity index (χ3n) is 4.69. The van der Waals surface area contributed by atoms with Crippen LogP contribution in [0.2, 0.25) is 0 Å². The Morgan fingerprint density at radius 2 is 2.08 bits per heavy atom. The van der Waals surface area contributed by atoms with Crippen LogP contribution in [-0.4, -0.2) is 48.0 Å². The number of aryl methyl sites for hydroxylation is 1. The molecule has 0 bridgehead atoms. The Balaban J connectivity index is 1.43. The van der Waals surface area contributed by atoms with Gasteiger partial charge in [-0.05, 0) is 25.7 Å². The summed E-state index contributed by atoms with van der Waals surface area (Å²) in [6.07, 6.45) is 10.8. The number of hydrogen-bond donors (Lipinski definition) is 1. The van der Waals surface area contributed by atoms with E-state index in [0.29, 0.717) is 6.04 Å². The number of rotatable bonds is 5. The van der Waals surface area contributed by atoms with E-state index in [1.54, 1.807) is 12.7 Å². The molecule has 0 aromatic carbocycles. The second-order valence-electron chi connectivity index (χ2n) is 6.31. The number of H-pyrrole nitrogens is 1. The van der Waals surface area contributed by atoms with Gasteiger partial charge in [-0.2, -0.15) is 0 Å². The second kappa shape index (κ2) is 6.54. The summed E-state index contributed by atoms with van der Waals surface area (Å²) in [5, 5.41) is 8.64. The Bertz CT molecular complexity index is 799. The Labute approximate surface area is 140 Å². The zero-order valence-corrected chi connectivity index (χ0v) is 13.9. The summed E-state index contributed by atoms with van der Waals surface area (Å²) in [6, 6.07) is 0.420. The molecule has 126 valence electrons. The fourth-order valence-electron chi connectivity index (χ4n) is 3.30. The van der Waals surface area contributed by atoms with Gasteiger partial charge < -0.3 is 9.88 Å². The average Bonchev–Trinajstić information content (AvgIpc) is 3.29. The van der Waals surface area contributed by atoms with Crippen molar-refractivity contribution < 1.29 is 0 Å². The molecule has 8 heteroatoms. The van der Waals surface area contributed by atoms with Crippen LogP contribution in [0.25, 0.3) is 11.2 Å². The fraction of sp³-hybridized carbons (Fsp3) is 0.562. The standard InChI is InChI=1S/C16H22N8/c1-2-3-4-12-9-24(22-21-12)13-5-7-23(8-6-13)16-14-15(18-10-17-14)19-11-20-16/h9-11,13H,2-8H2,1H3,(H,17,18,19,20). The first-order chi connectivity index (χ1) is 11.8. The zero-order valence-electron chi connectivity index (χ0n) is 13.9. The van der Waals surface area contributed by atoms with Gasteiger partial charge in [0.1, 0.15) is 11.8 Å². The lowest BCUT2D eigenvalue weighted by molar-refractivity contribution is 0.359. The van der Waals surface area contributed by atoms with Crippen molar-refractivity contribution in [2.75, 3.05) is 18.0 Å². The number of unbranched alkanes of at least 4 members (excludes halogenated alkanes) is 1. The largest absolute Gasteiger partial charge is 0.355 e. The van der Waals surface area contributed by atoms with E-state index in [2.05, 4.69) is 48.3 Å². The first kappa shape index (κ1) is 15.0. The second-order valence-corrected chi connectivity index (χ2v) is 6.31. The lowest BCUT2D eigenvalue weighted by Gasteiger charge is -2.32. The number of aromatic nitrogens is 7. The summed E-state index contributed by atoms with van der Waals surface area (Å²) < 4.78 is 2.05. The minimum atomic E-state index is 0.420. The van der Waals surface area contributed by atoms with E-state index >= 15 is 0 Å². The molecule has 1 fully saturated rings. The topological polar surface area (TPSA) is 88.4 Å². The lowest BCUT2D eigenvalue weighted by Crippen LogP contribution is -2.35. The summed E-state index contributed by atoms with van der Waals surface area (Å²) in [5.74, 6) is 0.943. The molecule has 0 atom stereocenters. The molecule has 1 N–H and O–H groups in total. The van der Waals surface area contributed by atoms with Crippen molar-refractivity contribution in [3.63, 3.8) is 0 Å². The molecule has 4 heterocycles. The highest BCUT2D eigenvalue weighted by Gasteiger charge is 2.24. The van der Waals surface area contributed by atoms with Crippen LogP contribution < -0.4 is 4.90 Å². The Morgan fingerprint density at radius 3 is 2.92 bits per heavy atom. The summed E-state index contributed by atoms with van der Waals surface area (Å²) in [5.41, 5.74) is 2.74. The van der Waals surface area contributed by atoms with Gasteiger partial charge in [0.15, 0.2) is 11.5 Å². The number of imidazole rings is 1. The number of hydrogen-bond acceptors (Lipinski definition) is 6. The molecule has 0 spiro atoms. The number of aromatic amines is 1. The number of nitrogens with one attached hydrogen (secondary N) is 1. The van der Waals surface area contributed by atoms with E-state index < -0.39 is 0 Å². The van der Waals surface area contributed by atoms with Crippen LogP contribution in [0.5, 0.6) is 0 Å². The lowest BCUT2D eigenvalue weighted by atomic mass is 10.1. The monoisotopic (exact) mass is 326 g/mol. The van der Waals surface area contributed by atoms with Crippen molar-refractivity contribution >= 4 is 17.0 Å². The van der Waals surface area contributed by atoms with E-state index in [4.69, 9.17) is 0 Å². The van der Waals surface area contributed by atoms with Crippen molar-refractivity contribution in [2.24, 2.45) is 0 Å². The van der Waals surface area contributed by atoms with Gasteiger partial charge in [-0.1, -0.05) is 18.6 Å². The van der Waals surface area contributed by atoms with Gasteiger partial charge in [0.25, 0.3) is 0 Å². The Morgan fingerprint density at radius 1 is 1.21 bits per heavy atom. The Kier molecular flexibility index (Phi) is 4.10. The van der Waals surface area contributed by atoms with E-state index in [0.717, 1.165) is 55.0 Å². The van der Waals surface area contributed by atoms with Gasteiger partial charge >= 0.3 is 0 Å². The molecule has 24 heavy (non-hydrogen) atoms. The van der Waals surface area contributed by atoms with Crippen LogP contribution >= 0.6 is 0 Å². The van der Waals surface area contributed by atoms with Crippen molar-refractivity contribution in [1.82, 2.24) is 34.9 Å². The predicted octanol–water partition coefficient (Wildman–Crippen LogP) is 2.13. The van der Waals surface area contributed by atoms with Crippen molar-refractivity contribution in [3.8, 4) is 0 Å². The molecule has 0 saturated carbocycles. The maximum Gasteiger partial charge on any atom is 0.182 e. The number of nitrogens with zero attached hydrogens (tertiary/aromatic N) is 7. The molecule has 0 radical (unpaired) electrons. The maximum atomic E-state index is 4.45. The van der Waals surface area contributed by atoms with Gasteiger partial charge in [0.05, 0.1) is 18.1 Å². The SMILES string of the molecule is CCCCc1cn(C2CCN(c3ncnc4nc[nH]c34)CC2)nn1. The van der Waals surface area contributed by atoms with E-state index in [-0.39, 0.29) is 0 Å². The smallest absolute Gasteiger partial charge is 0.182 e. The van der Waals surface area contributed by atoms with Crippen LogP contribution in [0.15, 0.2) is 18.9 Å². The van der Waals surface area contributed by atoms with Gasteiger partial charge in [-0.15, -0.1) is 5.10 Å². The van der Waals surface area contributed by atoms with Gasteiger partial charge in [0.2, 0.25) is 0 Å². The Hall–Kier alpha value is -2.51. The molecule has 1 saturated heterocycles. The highest BCUT2D eigenvalue weighted by Crippen LogP contribution is 2.27. The van der Waals surface area contributed by atoms with Crippen molar-refractivity contribution in [2.45, 2.75) is 45.1 Å². The predicted molar refractivity (Wildman–Crippen MR) is 90.8 cm³/mol. The highest BCUT2D eigenvalue weighted by atomic mass is 15.4. The molecule has 0 unspecified atom stereocenters. The van der Waals surface area contributed by atoms with Crippen LogP contribution in [0.1, 0.15) is 44.3 Å². The van der Waals surface area contributed by atoms with E-state index in [9.17, 15) is 0 Å². The minimum absolute atomic E-state index is 0.420. The summed E-state index contributed by atoms with van der Waals surface area (Å²) >= 11 is 0. The molecule has 1 aliphatic rings. The van der Waals surface area contributed by atoms with Crippen molar-refractivity contribution in [3.05, 3.63) is 24.5 Å². The van der Waals surface area contributed by atoms with Crippen molar-refractivity contribution in [1.29, 1.82) is 0 Å². The summed E-state index contributed by atoms with van der Waals surface area (Å²) in [7, 11) is 0. The quantitative estimate of drug-likeness (QED) is 0.772. The third-order valence-corrected chi connectivity index (χ3v) is 4.69. The average molecular weight is 326 g/mol. The molecule has 0 amide bonds. The summed E-state index contributed by atoms with van der Waals surface area (Å²) in [6.45, 7) is 4.09. The first-order valence-electron chi connectivity index (χ1n) is 8.65. The van der Waals surface area contributed by atoms with Gasteiger partial charge in [-0.3, -0.25) is 0 Å². The number of fused-ring (bicyclic) bond motifs is 1. The third kappa shape index (κ3) is 2.83. The molecular formula is C16H22N8. The first-order valence-corrected chi connectivity index (χ1v) is 8.65. The summed E-state index contributed by atoms with van der Waals surface area (Å²) in [4.78, 5) is 18.3. The molecular weight excluding hydrogens is 304 g/mol. The molecule has 8 nitrogen and oxygen atoms in total. The molecule has 4 rings (SSSR count). The van der Waals surface area contributed by atoms with Gasteiger partial charge in [-0.25, -0.2) is 19.6 Å². The minimum Gasteiger partial charge on any atom is -0.355 e. The number of piperidine rings is 1. The molecule has 3 aromatic heterocycles. The molecule has 1 aliphatic heterocycles. The fourth-order valence-corrected chi connectivity index (χ4v) is 3.30. The normalized spacial score (nSPS) is 16.1. The van der Waals surface area contributed by atoms with Gasteiger partial charge in [0, 0.05) is 19.3 Å². The van der Waals surface area contributed by atoms with Crippen LogP contribution in [0, 0.1) is 0 Å². The molecule has 3 aromatic rings. The zero-order chi connectivity index (χ0) is 16.4. The van der Waals surface area contributed by atoms with Crippen LogP contribution in [0.4, 0.5) is 5.82 Å². The van der Waals surface area contributed by atoms with E-state index in [1.807, 2.05) is 4.68 Å². The highest BCUT2D eigenvalue weighted by molar-refractivity contribution is 5.82. The molecule has 0 aliphatic carbocycles. The maximum absolute atomic E-state index is 4.45. The van der Waals surface area contributed by atoms with E-state index in [1.165, 1.54) is 12.8 Å².